The first-order valence-electron chi connectivity index (χ1n) is 38.4. The molecular formula is C79H149NO5. The van der Waals surface area contributed by atoms with E-state index in [1.54, 1.807) is 0 Å². The predicted molar refractivity (Wildman–Crippen MR) is 375 cm³/mol. The van der Waals surface area contributed by atoms with Crippen molar-refractivity contribution in [2.75, 3.05) is 13.2 Å². The van der Waals surface area contributed by atoms with Crippen LogP contribution in [0.5, 0.6) is 0 Å². The van der Waals surface area contributed by atoms with Gasteiger partial charge in [0.1, 0.15) is 0 Å². The molecule has 500 valence electrons. The van der Waals surface area contributed by atoms with Gasteiger partial charge in [0.15, 0.2) is 0 Å². The lowest BCUT2D eigenvalue weighted by Crippen LogP contribution is -2.45. The smallest absolute Gasteiger partial charge is 0.305 e. The van der Waals surface area contributed by atoms with Crippen LogP contribution in [0.1, 0.15) is 418 Å². The first kappa shape index (κ1) is 82.8. The molecular weight excluding hydrogens is 1040 g/mol. The van der Waals surface area contributed by atoms with Gasteiger partial charge in [0.2, 0.25) is 5.91 Å². The number of hydrogen-bond acceptors (Lipinski definition) is 5. The van der Waals surface area contributed by atoms with Crippen LogP contribution in [-0.2, 0) is 14.3 Å². The first-order chi connectivity index (χ1) is 42.0. The Morgan fingerprint density at radius 2 is 0.588 bits per heavy atom. The van der Waals surface area contributed by atoms with E-state index in [2.05, 4.69) is 67.8 Å². The van der Waals surface area contributed by atoms with E-state index in [1.807, 2.05) is 0 Å². The highest BCUT2D eigenvalue weighted by molar-refractivity contribution is 5.76. The van der Waals surface area contributed by atoms with E-state index in [0.717, 1.165) is 57.8 Å². The zero-order valence-electron chi connectivity index (χ0n) is 57.4. The Kier molecular flexibility index (Phi) is 72.4. The lowest BCUT2D eigenvalue weighted by molar-refractivity contribution is -0.143. The second kappa shape index (κ2) is 74.3. The fourth-order valence-corrected chi connectivity index (χ4v) is 12.0. The number of carbonyl (C=O) groups is 2. The first-order valence-corrected chi connectivity index (χ1v) is 38.4. The van der Waals surface area contributed by atoms with Gasteiger partial charge in [-0.2, -0.15) is 0 Å². The number of aliphatic hydroxyl groups is 2. The molecule has 0 saturated carbocycles. The molecule has 2 unspecified atom stereocenters. The molecule has 2 atom stereocenters. The van der Waals surface area contributed by atoms with Crippen molar-refractivity contribution in [1.29, 1.82) is 0 Å². The number of unbranched alkanes of at least 4 members (excludes halogenated alkanes) is 53. The minimum atomic E-state index is -0.665. The molecule has 0 fully saturated rings. The molecule has 0 aliphatic carbocycles. The van der Waals surface area contributed by atoms with Crippen molar-refractivity contribution in [2.24, 2.45) is 0 Å². The van der Waals surface area contributed by atoms with Crippen molar-refractivity contribution in [2.45, 2.75) is 431 Å². The number of esters is 1. The van der Waals surface area contributed by atoms with Gasteiger partial charge in [0, 0.05) is 12.8 Å². The van der Waals surface area contributed by atoms with Gasteiger partial charge < -0.3 is 20.3 Å². The van der Waals surface area contributed by atoms with Crippen LogP contribution < -0.4 is 5.32 Å². The molecule has 0 spiro atoms. The van der Waals surface area contributed by atoms with E-state index in [1.165, 1.54) is 327 Å². The molecule has 0 heterocycles. The summed E-state index contributed by atoms with van der Waals surface area (Å²) in [4.78, 5) is 24.6. The molecule has 0 aliphatic heterocycles. The number of rotatable bonds is 72. The largest absolute Gasteiger partial charge is 0.466 e. The molecule has 0 rings (SSSR count). The molecule has 0 aliphatic rings. The van der Waals surface area contributed by atoms with Crippen LogP contribution >= 0.6 is 0 Å². The molecule has 0 aromatic heterocycles. The van der Waals surface area contributed by atoms with Crippen LogP contribution in [0.15, 0.2) is 48.6 Å². The Morgan fingerprint density at radius 1 is 0.329 bits per heavy atom. The van der Waals surface area contributed by atoms with E-state index >= 15 is 0 Å². The Morgan fingerprint density at radius 3 is 0.918 bits per heavy atom. The van der Waals surface area contributed by atoms with Crippen LogP contribution in [0.4, 0.5) is 0 Å². The topological polar surface area (TPSA) is 95.9 Å². The lowest BCUT2D eigenvalue weighted by atomic mass is 10.0. The summed E-state index contributed by atoms with van der Waals surface area (Å²) in [6.45, 7) is 4.95. The highest BCUT2D eigenvalue weighted by atomic mass is 16.5. The summed E-state index contributed by atoms with van der Waals surface area (Å²) in [6, 6.07) is -0.542. The van der Waals surface area contributed by atoms with Gasteiger partial charge >= 0.3 is 5.97 Å². The van der Waals surface area contributed by atoms with Crippen molar-refractivity contribution in [3.05, 3.63) is 48.6 Å². The van der Waals surface area contributed by atoms with E-state index in [9.17, 15) is 19.8 Å². The average Bonchev–Trinajstić information content (AvgIpc) is 3.51. The van der Waals surface area contributed by atoms with Crippen molar-refractivity contribution >= 4 is 11.9 Å². The van der Waals surface area contributed by atoms with Crippen LogP contribution in [0.3, 0.4) is 0 Å². The van der Waals surface area contributed by atoms with Crippen LogP contribution in [-0.4, -0.2) is 47.4 Å². The quantitative estimate of drug-likeness (QED) is 0.0320. The minimum Gasteiger partial charge on any atom is -0.466 e. The van der Waals surface area contributed by atoms with Gasteiger partial charge in [0.05, 0.1) is 25.4 Å². The van der Waals surface area contributed by atoms with Gasteiger partial charge in [0.25, 0.3) is 0 Å². The van der Waals surface area contributed by atoms with Crippen LogP contribution in [0.25, 0.3) is 0 Å². The third-order valence-electron chi connectivity index (χ3n) is 17.9. The van der Waals surface area contributed by atoms with Gasteiger partial charge in [-0.05, 0) is 89.9 Å². The van der Waals surface area contributed by atoms with Gasteiger partial charge in [-0.15, -0.1) is 0 Å². The van der Waals surface area contributed by atoms with E-state index in [-0.39, 0.29) is 18.5 Å². The van der Waals surface area contributed by atoms with E-state index < -0.39 is 12.1 Å². The van der Waals surface area contributed by atoms with E-state index in [4.69, 9.17) is 4.74 Å². The monoisotopic (exact) mass is 1190 g/mol. The van der Waals surface area contributed by atoms with Gasteiger partial charge in [-0.3, -0.25) is 9.59 Å². The average molecular weight is 1190 g/mol. The fraction of sp³-hybridized carbons (Fsp3) is 0.873. The zero-order valence-corrected chi connectivity index (χ0v) is 57.4. The molecule has 0 bridgehead atoms. The van der Waals surface area contributed by atoms with Gasteiger partial charge in [-0.25, -0.2) is 0 Å². The molecule has 85 heavy (non-hydrogen) atoms. The number of nitrogens with one attached hydrogen (secondary N) is 1. The molecule has 0 saturated heterocycles. The molecule has 0 radical (unpaired) electrons. The maximum absolute atomic E-state index is 12.6. The molecule has 6 heteroatoms. The van der Waals surface area contributed by atoms with E-state index in [0.29, 0.717) is 25.9 Å². The summed E-state index contributed by atoms with van der Waals surface area (Å²) in [5.41, 5.74) is 0. The third kappa shape index (κ3) is 70.8. The normalized spacial score (nSPS) is 12.8. The Bertz CT molecular complexity index is 1420. The van der Waals surface area contributed by atoms with Crippen molar-refractivity contribution in [3.63, 3.8) is 0 Å². The second-order valence-corrected chi connectivity index (χ2v) is 26.3. The SMILES string of the molecule is CCCCC/C=C\C/C=C\CCCCCCCC(=O)OCCCCCCCCCCC/C=C\C/C=C\CCCCCCCCCCCCCCCCCCCC(=O)NC(CO)C(O)CCCCCCCCCCCCCCCCCCCCCC. The minimum absolute atomic E-state index is 0.000471. The zero-order chi connectivity index (χ0) is 61.3. The summed E-state index contributed by atoms with van der Waals surface area (Å²) in [5.74, 6) is -0.0285. The highest BCUT2D eigenvalue weighted by Gasteiger charge is 2.20. The molecule has 1 amide bonds. The van der Waals surface area contributed by atoms with Gasteiger partial charge in [-0.1, -0.05) is 364 Å². The molecule has 0 aromatic carbocycles. The number of ether oxygens (including phenoxy) is 1. The number of allylic oxidation sites excluding steroid dienone is 8. The maximum atomic E-state index is 12.6. The van der Waals surface area contributed by atoms with Crippen molar-refractivity contribution < 1.29 is 24.5 Å². The molecule has 6 nitrogen and oxygen atoms in total. The summed E-state index contributed by atoms with van der Waals surface area (Å²) < 4.78 is 5.48. The summed E-state index contributed by atoms with van der Waals surface area (Å²) >= 11 is 0. The van der Waals surface area contributed by atoms with Crippen molar-refractivity contribution in [3.8, 4) is 0 Å². The van der Waals surface area contributed by atoms with Crippen LogP contribution in [0, 0.1) is 0 Å². The Labute approximate surface area is 531 Å². The Hall–Kier alpha value is -2.18. The fourth-order valence-electron chi connectivity index (χ4n) is 12.0. The Balaban J connectivity index is 3.39. The predicted octanol–water partition coefficient (Wildman–Crippen LogP) is 25.2. The third-order valence-corrected chi connectivity index (χ3v) is 17.9. The molecule has 3 N–H and O–H groups in total. The lowest BCUT2D eigenvalue weighted by Gasteiger charge is -2.22. The molecule has 0 aromatic rings. The number of aliphatic hydroxyl groups excluding tert-OH is 2. The summed E-state index contributed by atoms with van der Waals surface area (Å²) in [5, 5.41) is 23.4. The van der Waals surface area contributed by atoms with Crippen LogP contribution in [0.2, 0.25) is 0 Å². The maximum Gasteiger partial charge on any atom is 0.305 e. The number of amides is 1. The number of carbonyl (C=O) groups excluding carboxylic acids is 2. The standard InChI is InChI=1S/C79H149NO5/c1-3-5-7-9-11-13-15-17-19-20-21-37-40-44-47-51-55-59-63-67-71-77(82)76(75-81)80-78(83)72-68-64-60-56-52-48-45-41-38-35-33-31-29-27-25-23-22-24-26-28-30-32-34-36-39-42-46-50-54-58-62-66-70-74-85-79(84)73-69-65-61-57-53-49-43-18-16-14-12-10-8-6-4-2/h12,14,18,26,28,32,34,43,76-77,81-82H,3-11,13,15-17,19-25,27,29-31,33,35-42,44-75H2,1-2H3,(H,80,83)/b14-12-,28-26-,34-32-,43-18-. The highest BCUT2D eigenvalue weighted by Crippen LogP contribution is 2.19. The van der Waals surface area contributed by atoms with Crippen molar-refractivity contribution in [1.82, 2.24) is 5.32 Å². The second-order valence-electron chi connectivity index (χ2n) is 26.3. The number of hydrogen-bond donors (Lipinski definition) is 3. The summed E-state index contributed by atoms with van der Waals surface area (Å²) in [7, 11) is 0. The summed E-state index contributed by atoms with van der Waals surface area (Å²) in [6.07, 6.45) is 97.6.